The van der Waals surface area contributed by atoms with Crippen molar-refractivity contribution in [1.82, 2.24) is 0 Å². The third-order valence-corrected chi connectivity index (χ3v) is 8.06. The van der Waals surface area contributed by atoms with Crippen molar-refractivity contribution in [3.05, 3.63) is 145 Å². The molecule has 0 heterocycles. The van der Waals surface area contributed by atoms with Gasteiger partial charge in [-0.25, -0.2) is 9.59 Å². The van der Waals surface area contributed by atoms with E-state index >= 15 is 0 Å². The minimum Gasteiger partial charge on any atom is -0.508 e. The third kappa shape index (κ3) is 8.84. The van der Waals surface area contributed by atoms with Crippen molar-refractivity contribution < 1.29 is 34.0 Å². The van der Waals surface area contributed by atoms with Gasteiger partial charge in [0.05, 0.1) is 0 Å². The average molecular weight is 681 g/mol. The molecule has 6 aromatic carbocycles. The predicted octanol–water partition coefficient (Wildman–Crippen LogP) is 10.6. The topological polar surface area (TPSA) is 126 Å². The van der Waals surface area contributed by atoms with Gasteiger partial charge in [0.1, 0.15) is 34.5 Å². The molecule has 6 aromatic rings. The van der Waals surface area contributed by atoms with Gasteiger partial charge in [-0.2, -0.15) is 0 Å². The number of aryl methyl sites for hydroxylation is 2. The molecule has 2 amide bonds. The zero-order valence-corrected chi connectivity index (χ0v) is 28.1. The highest BCUT2D eigenvalue weighted by Gasteiger charge is 2.16. The maximum absolute atomic E-state index is 12.9. The summed E-state index contributed by atoms with van der Waals surface area (Å²) in [6, 6.07) is 38.3. The fraction of sp³-hybridized carbons (Fsp3) is 0.0952. The Kier molecular flexibility index (Phi) is 10.5. The lowest BCUT2D eigenvalue weighted by Gasteiger charge is -2.17. The van der Waals surface area contributed by atoms with E-state index in [-0.39, 0.29) is 11.5 Å². The predicted molar refractivity (Wildman–Crippen MR) is 198 cm³/mol. The number of hydrogen-bond acceptors (Lipinski definition) is 7. The number of nitrogens with one attached hydrogen (secondary N) is 2. The fourth-order valence-electron chi connectivity index (χ4n) is 5.40. The third-order valence-electron chi connectivity index (χ3n) is 8.06. The van der Waals surface area contributed by atoms with Crippen LogP contribution < -0.4 is 24.8 Å². The molecule has 0 aliphatic rings. The number of aromatic hydroxyl groups is 2. The van der Waals surface area contributed by atoms with Gasteiger partial charge in [-0.05, 0) is 120 Å². The first-order valence-corrected chi connectivity index (χ1v) is 16.5. The van der Waals surface area contributed by atoms with E-state index in [0.29, 0.717) is 45.5 Å². The van der Waals surface area contributed by atoms with E-state index in [9.17, 15) is 19.8 Å². The van der Waals surface area contributed by atoms with E-state index in [1.807, 2.05) is 50.2 Å². The summed E-state index contributed by atoms with van der Waals surface area (Å²) in [5.74, 6) is 1.97. The summed E-state index contributed by atoms with van der Waals surface area (Å²) in [4.78, 5) is 25.7. The van der Waals surface area contributed by atoms with Gasteiger partial charge in [-0.1, -0.05) is 62.4 Å². The molecule has 9 nitrogen and oxygen atoms in total. The van der Waals surface area contributed by atoms with Crippen LogP contribution in [0.3, 0.4) is 0 Å². The number of carbonyl (C=O) groups excluding carboxylic acids is 2. The van der Waals surface area contributed by atoms with Gasteiger partial charge in [0, 0.05) is 22.5 Å². The van der Waals surface area contributed by atoms with Gasteiger partial charge in [0.25, 0.3) is 0 Å². The Morgan fingerprint density at radius 3 is 1.33 bits per heavy atom. The fourth-order valence-corrected chi connectivity index (χ4v) is 5.40. The molecule has 0 saturated carbocycles. The molecule has 0 aliphatic carbocycles. The van der Waals surface area contributed by atoms with Gasteiger partial charge in [0.2, 0.25) is 0 Å². The highest BCUT2D eigenvalue weighted by Crippen LogP contribution is 2.41. The second kappa shape index (κ2) is 15.7. The SMILES string of the molecule is CCc1cccc(OC(=O)Nc2ccc(Oc3ccc(NC(=O)Oc4cccc(CC)c4)cc3-c3ccc(O)cc3)c(-c3ccc(O)cc3)c2)c1. The van der Waals surface area contributed by atoms with Crippen LogP contribution in [0.2, 0.25) is 0 Å². The first kappa shape index (κ1) is 34.1. The van der Waals surface area contributed by atoms with Crippen molar-refractivity contribution in [2.24, 2.45) is 0 Å². The van der Waals surface area contributed by atoms with Crippen LogP contribution in [0.15, 0.2) is 133 Å². The molecule has 0 saturated heterocycles. The van der Waals surface area contributed by atoms with Crippen LogP contribution >= 0.6 is 0 Å². The number of carbonyl (C=O) groups is 2. The molecule has 0 atom stereocenters. The number of amides is 2. The number of benzene rings is 6. The maximum atomic E-state index is 12.9. The summed E-state index contributed by atoms with van der Waals surface area (Å²) in [5.41, 5.74) is 5.69. The lowest BCUT2D eigenvalue weighted by atomic mass is 10.0. The van der Waals surface area contributed by atoms with Crippen molar-refractivity contribution in [3.63, 3.8) is 0 Å². The Hall–Kier alpha value is -6.74. The second-order valence-electron chi connectivity index (χ2n) is 11.6. The van der Waals surface area contributed by atoms with Crippen LogP contribution in [0.5, 0.6) is 34.5 Å². The van der Waals surface area contributed by atoms with E-state index in [4.69, 9.17) is 14.2 Å². The van der Waals surface area contributed by atoms with E-state index in [1.54, 1.807) is 97.1 Å². The van der Waals surface area contributed by atoms with Crippen molar-refractivity contribution in [2.45, 2.75) is 26.7 Å². The van der Waals surface area contributed by atoms with Crippen LogP contribution in [0, 0.1) is 0 Å². The Balaban J connectivity index is 1.30. The van der Waals surface area contributed by atoms with Gasteiger partial charge >= 0.3 is 12.2 Å². The molecule has 0 fully saturated rings. The molecule has 0 bridgehead atoms. The molecule has 4 N–H and O–H groups in total. The zero-order chi connectivity index (χ0) is 35.7. The van der Waals surface area contributed by atoms with E-state index in [0.717, 1.165) is 35.1 Å². The normalized spacial score (nSPS) is 10.6. The summed E-state index contributed by atoms with van der Waals surface area (Å²) >= 11 is 0. The minimum atomic E-state index is -0.650. The highest BCUT2D eigenvalue weighted by atomic mass is 16.6. The lowest BCUT2D eigenvalue weighted by molar-refractivity contribution is 0.214. The smallest absolute Gasteiger partial charge is 0.417 e. The van der Waals surface area contributed by atoms with Gasteiger partial charge in [-0.3, -0.25) is 10.6 Å². The first-order chi connectivity index (χ1) is 24.8. The minimum absolute atomic E-state index is 0.0997. The van der Waals surface area contributed by atoms with Gasteiger partial charge < -0.3 is 24.4 Å². The van der Waals surface area contributed by atoms with Crippen molar-refractivity contribution >= 4 is 23.6 Å². The number of phenolic OH excluding ortho intramolecular Hbond substituents is 2. The summed E-state index contributed by atoms with van der Waals surface area (Å²) in [7, 11) is 0. The van der Waals surface area contributed by atoms with E-state index < -0.39 is 12.2 Å². The van der Waals surface area contributed by atoms with Crippen molar-refractivity contribution in [2.75, 3.05) is 10.6 Å². The Labute approximate surface area is 295 Å². The van der Waals surface area contributed by atoms with E-state index in [2.05, 4.69) is 10.6 Å². The van der Waals surface area contributed by atoms with Crippen LogP contribution in [0.4, 0.5) is 21.0 Å². The number of phenols is 2. The standard InChI is InChI=1S/C42H36N2O7/c1-3-27-7-5-9-35(23-27)49-41(47)43-31-15-21-39(37(25-31)29-11-17-33(45)18-12-29)51-40-22-16-32(26-38(40)30-13-19-34(46)20-14-30)44-42(48)50-36-10-6-8-28(4-2)24-36/h5-26,45-46H,3-4H2,1-2H3,(H,43,47)(H,44,48). The molecule has 0 aromatic heterocycles. The quantitative estimate of drug-likeness (QED) is 0.113. The van der Waals surface area contributed by atoms with Crippen LogP contribution in [0.25, 0.3) is 22.3 Å². The molecule has 9 heteroatoms. The summed E-state index contributed by atoms with van der Waals surface area (Å²) in [5, 5.41) is 25.5. The molecule has 6 rings (SSSR count). The van der Waals surface area contributed by atoms with Crippen molar-refractivity contribution in [1.29, 1.82) is 0 Å². The number of anilines is 2. The highest BCUT2D eigenvalue weighted by molar-refractivity contribution is 5.90. The lowest BCUT2D eigenvalue weighted by Crippen LogP contribution is -2.17. The summed E-state index contributed by atoms with van der Waals surface area (Å²) in [6.45, 7) is 4.05. The number of rotatable bonds is 10. The average Bonchev–Trinajstić information content (AvgIpc) is 3.13. The molecule has 0 aliphatic heterocycles. The summed E-state index contributed by atoms with van der Waals surface area (Å²) in [6.07, 6.45) is 0.320. The largest absolute Gasteiger partial charge is 0.508 e. The maximum Gasteiger partial charge on any atom is 0.417 e. The second-order valence-corrected chi connectivity index (χ2v) is 11.6. The van der Waals surface area contributed by atoms with Crippen LogP contribution in [-0.4, -0.2) is 22.4 Å². The van der Waals surface area contributed by atoms with Crippen LogP contribution in [-0.2, 0) is 12.8 Å². The molecular weight excluding hydrogens is 644 g/mol. The van der Waals surface area contributed by atoms with Crippen LogP contribution in [0.1, 0.15) is 25.0 Å². The Morgan fingerprint density at radius 2 is 0.941 bits per heavy atom. The first-order valence-electron chi connectivity index (χ1n) is 16.5. The van der Waals surface area contributed by atoms with E-state index in [1.165, 1.54) is 0 Å². The number of hydrogen-bond donors (Lipinski definition) is 4. The molecule has 0 radical (unpaired) electrons. The Morgan fingerprint density at radius 1 is 0.529 bits per heavy atom. The zero-order valence-electron chi connectivity index (χ0n) is 28.1. The van der Waals surface area contributed by atoms with Gasteiger partial charge in [-0.15, -0.1) is 0 Å². The monoisotopic (exact) mass is 680 g/mol. The number of ether oxygens (including phenoxy) is 3. The van der Waals surface area contributed by atoms with Gasteiger partial charge in [0.15, 0.2) is 0 Å². The molecule has 51 heavy (non-hydrogen) atoms. The Bertz CT molecular complexity index is 2010. The molecule has 0 spiro atoms. The molecule has 256 valence electrons. The van der Waals surface area contributed by atoms with Crippen molar-refractivity contribution in [3.8, 4) is 56.8 Å². The summed E-state index contributed by atoms with van der Waals surface area (Å²) < 4.78 is 17.6. The molecular formula is C42H36N2O7. The molecule has 0 unspecified atom stereocenters.